The van der Waals surface area contributed by atoms with Crippen LogP contribution in [0.2, 0.25) is 0 Å². The van der Waals surface area contributed by atoms with Crippen LogP contribution < -0.4 is 0 Å². The monoisotopic (exact) mass is 244 g/mol. The van der Waals surface area contributed by atoms with Gasteiger partial charge in [-0.1, -0.05) is 12.1 Å². The van der Waals surface area contributed by atoms with Gasteiger partial charge in [0.1, 0.15) is 0 Å². The number of aliphatic hydroxyl groups excluding tert-OH is 1. The average Bonchev–Trinajstić information content (AvgIpc) is 2.39. The molecular formula is C15H20N2O. The highest BCUT2D eigenvalue weighted by Gasteiger charge is 2.22. The number of rotatable bonds is 3. The summed E-state index contributed by atoms with van der Waals surface area (Å²) in [4.78, 5) is 2.40. The SMILES string of the molecule is CC(O)C1CCN(Cc2cccc(C#N)c2)CC1. The van der Waals surface area contributed by atoms with Crippen LogP contribution in [0.4, 0.5) is 0 Å². The summed E-state index contributed by atoms with van der Waals surface area (Å²) in [6, 6.07) is 9.98. The highest BCUT2D eigenvalue weighted by molar-refractivity contribution is 5.32. The van der Waals surface area contributed by atoms with Crippen molar-refractivity contribution in [2.24, 2.45) is 5.92 Å². The number of hydrogen-bond donors (Lipinski definition) is 1. The van der Waals surface area contributed by atoms with Crippen LogP contribution >= 0.6 is 0 Å². The van der Waals surface area contributed by atoms with Crippen LogP contribution in [0.3, 0.4) is 0 Å². The Kier molecular flexibility index (Phi) is 4.35. The molecule has 1 aromatic carbocycles. The van der Waals surface area contributed by atoms with E-state index in [2.05, 4.69) is 17.0 Å². The topological polar surface area (TPSA) is 47.3 Å². The van der Waals surface area contributed by atoms with Crippen molar-refractivity contribution < 1.29 is 5.11 Å². The van der Waals surface area contributed by atoms with Crippen LogP contribution in [0, 0.1) is 17.2 Å². The van der Waals surface area contributed by atoms with Crippen molar-refractivity contribution in [1.82, 2.24) is 4.90 Å². The van der Waals surface area contributed by atoms with Gasteiger partial charge in [-0.3, -0.25) is 4.90 Å². The second kappa shape index (κ2) is 5.99. The second-order valence-corrected chi connectivity index (χ2v) is 5.17. The van der Waals surface area contributed by atoms with Crippen molar-refractivity contribution in [1.29, 1.82) is 5.26 Å². The predicted molar refractivity (Wildman–Crippen MR) is 70.8 cm³/mol. The minimum atomic E-state index is -0.186. The highest BCUT2D eigenvalue weighted by atomic mass is 16.3. The fraction of sp³-hybridized carbons (Fsp3) is 0.533. The molecule has 0 bridgehead atoms. The zero-order valence-corrected chi connectivity index (χ0v) is 10.8. The summed E-state index contributed by atoms with van der Waals surface area (Å²) < 4.78 is 0. The minimum Gasteiger partial charge on any atom is -0.393 e. The molecule has 1 aromatic rings. The van der Waals surface area contributed by atoms with Gasteiger partial charge in [-0.05, 0) is 56.5 Å². The van der Waals surface area contributed by atoms with E-state index in [0.717, 1.165) is 38.0 Å². The van der Waals surface area contributed by atoms with Gasteiger partial charge in [-0.25, -0.2) is 0 Å². The van der Waals surface area contributed by atoms with E-state index < -0.39 is 0 Å². The Labute approximate surface area is 109 Å². The second-order valence-electron chi connectivity index (χ2n) is 5.17. The summed E-state index contributed by atoms with van der Waals surface area (Å²) >= 11 is 0. The first-order valence-corrected chi connectivity index (χ1v) is 6.58. The Balaban J connectivity index is 1.90. The average molecular weight is 244 g/mol. The Morgan fingerprint density at radius 3 is 2.78 bits per heavy atom. The molecule has 0 saturated carbocycles. The summed E-state index contributed by atoms with van der Waals surface area (Å²) in [6.07, 6.45) is 1.94. The number of nitrogens with zero attached hydrogens (tertiary/aromatic N) is 2. The zero-order valence-electron chi connectivity index (χ0n) is 10.8. The van der Waals surface area contributed by atoms with Crippen molar-refractivity contribution in [3.05, 3.63) is 35.4 Å². The third kappa shape index (κ3) is 3.32. The minimum absolute atomic E-state index is 0.186. The third-order valence-electron chi connectivity index (χ3n) is 3.78. The molecule has 0 aliphatic carbocycles. The third-order valence-corrected chi connectivity index (χ3v) is 3.78. The predicted octanol–water partition coefficient (Wildman–Crippen LogP) is 2.15. The van der Waals surface area contributed by atoms with Crippen LogP contribution in [-0.4, -0.2) is 29.2 Å². The Morgan fingerprint density at radius 1 is 1.44 bits per heavy atom. The quantitative estimate of drug-likeness (QED) is 0.886. The normalized spacial score (nSPS) is 19.4. The van der Waals surface area contributed by atoms with E-state index in [0.29, 0.717) is 5.92 Å². The van der Waals surface area contributed by atoms with Gasteiger partial charge in [-0.2, -0.15) is 5.26 Å². The molecule has 18 heavy (non-hydrogen) atoms. The zero-order chi connectivity index (χ0) is 13.0. The number of hydrogen-bond acceptors (Lipinski definition) is 3. The van der Waals surface area contributed by atoms with Crippen LogP contribution in [-0.2, 0) is 6.54 Å². The molecule has 2 rings (SSSR count). The van der Waals surface area contributed by atoms with Gasteiger partial charge in [0.05, 0.1) is 17.7 Å². The van der Waals surface area contributed by atoms with Gasteiger partial charge in [0.15, 0.2) is 0 Å². The lowest BCUT2D eigenvalue weighted by Crippen LogP contribution is -2.36. The van der Waals surface area contributed by atoms with E-state index in [9.17, 15) is 5.11 Å². The summed E-state index contributed by atoms with van der Waals surface area (Å²) in [5.41, 5.74) is 1.93. The Hall–Kier alpha value is -1.37. The number of likely N-dealkylation sites (tertiary alicyclic amines) is 1. The summed E-state index contributed by atoms with van der Waals surface area (Å²) in [7, 11) is 0. The molecule has 1 saturated heterocycles. The standard InChI is InChI=1S/C15H20N2O/c1-12(18)15-5-7-17(8-6-15)11-14-4-2-3-13(9-14)10-16/h2-4,9,12,15,18H,5-8,11H2,1H3. The molecule has 1 heterocycles. The first-order chi connectivity index (χ1) is 8.69. The molecule has 1 atom stereocenters. The molecule has 1 aliphatic rings. The molecule has 3 nitrogen and oxygen atoms in total. The van der Waals surface area contributed by atoms with Crippen LogP contribution in [0.5, 0.6) is 0 Å². The first-order valence-electron chi connectivity index (χ1n) is 6.58. The molecule has 96 valence electrons. The van der Waals surface area contributed by atoms with Gasteiger partial charge >= 0.3 is 0 Å². The van der Waals surface area contributed by atoms with Gasteiger partial charge in [0.2, 0.25) is 0 Å². The molecule has 0 amide bonds. The number of piperidine rings is 1. The van der Waals surface area contributed by atoms with Crippen molar-refractivity contribution in [3.63, 3.8) is 0 Å². The molecule has 0 spiro atoms. The van der Waals surface area contributed by atoms with Gasteiger partial charge in [-0.15, -0.1) is 0 Å². The van der Waals surface area contributed by atoms with Gasteiger partial charge < -0.3 is 5.11 Å². The van der Waals surface area contributed by atoms with Crippen molar-refractivity contribution in [2.75, 3.05) is 13.1 Å². The molecule has 1 unspecified atom stereocenters. The van der Waals surface area contributed by atoms with Gasteiger partial charge in [0.25, 0.3) is 0 Å². The lowest BCUT2D eigenvalue weighted by Gasteiger charge is -2.33. The van der Waals surface area contributed by atoms with Crippen LogP contribution in [0.15, 0.2) is 24.3 Å². The highest BCUT2D eigenvalue weighted by Crippen LogP contribution is 2.21. The maximum absolute atomic E-state index is 9.57. The maximum Gasteiger partial charge on any atom is 0.0991 e. The molecule has 1 aliphatic heterocycles. The van der Waals surface area contributed by atoms with E-state index in [-0.39, 0.29) is 6.10 Å². The fourth-order valence-electron chi connectivity index (χ4n) is 2.59. The van der Waals surface area contributed by atoms with Gasteiger partial charge in [0, 0.05) is 6.54 Å². The first kappa shape index (κ1) is 13.1. The Morgan fingerprint density at radius 2 is 2.17 bits per heavy atom. The molecular weight excluding hydrogens is 224 g/mol. The van der Waals surface area contributed by atoms with Crippen LogP contribution in [0.25, 0.3) is 0 Å². The number of aliphatic hydroxyl groups is 1. The molecule has 3 heteroatoms. The summed E-state index contributed by atoms with van der Waals surface area (Å²) in [5.74, 6) is 0.451. The Bertz CT molecular complexity index is 428. The van der Waals surface area contributed by atoms with E-state index in [1.807, 2.05) is 25.1 Å². The van der Waals surface area contributed by atoms with E-state index in [1.54, 1.807) is 0 Å². The molecule has 1 N–H and O–H groups in total. The van der Waals surface area contributed by atoms with Crippen molar-refractivity contribution in [2.45, 2.75) is 32.4 Å². The van der Waals surface area contributed by atoms with E-state index in [1.165, 1.54) is 5.56 Å². The smallest absolute Gasteiger partial charge is 0.0991 e. The molecule has 1 fully saturated rings. The fourth-order valence-corrected chi connectivity index (χ4v) is 2.59. The van der Waals surface area contributed by atoms with Crippen molar-refractivity contribution >= 4 is 0 Å². The lowest BCUT2D eigenvalue weighted by atomic mass is 9.92. The molecule has 0 radical (unpaired) electrons. The van der Waals surface area contributed by atoms with E-state index in [4.69, 9.17) is 5.26 Å². The number of nitriles is 1. The summed E-state index contributed by atoms with van der Waals surface area (Å²) in [5, 5.41) is 18.4. The van der Waals surface area contributed by atoms with Crippen molar-refractivity contribution in [3.8, 4) is 6.07 Å². The largest absolute Gasteiger partial charge is 0.393 e. The molecule has 0 aromatic heterocycles. The lowest BCUT2D eigenvalue weighted by molar-refractivity contribution is 0.0695. The van der Waals surface area contributed by atoms with Crippen LogP contribution in [0.1, 0.15) is 30.9 Å². The van der Waals surface area contributed by atoms with E-state index >= 15 is 0 Å². The number of benzene rings is 1. The maximum atomic E-state index is 9.57. The summed E-state index contributed by atoms with van der Waals surface area (Å²) in [6.45, 7) is 4.86.